The van der Waals surface area contributed by atoms with Gasteiger partial charge in [0, 0.05) is 10.8 Å². The lowest BCUT2D eigenvalue weighted by molar-refractivity contribution is -0.139. The number of azide groups is 1. The van der Waals surface area contributed by atoms with Crippen LogP contribution in [0, 0.1) is 5.92 Å². The van der Waals surface area contributed by atoms with Gasteiger partial charge in [0.2, 0.25) is 0 Å². The number of carbonyl (C=O) groups is 1. The number of aromatic hydroxyl groups is 1. The molecule has 0 bridgehead atoms. The number of hydrogen-bond donors (Lipinski definition) is 2. The van der Waals surface area contributed by atoms with Crippen LogP contribution in [0.1, 0.15) is 25.3 Å². The number of nitrogens with zero attached hydrogens (tertiary/aromatic N) is 3. The normalized spacial score (nSPS) is 13.7. The number of aliphatic carboxylic acids is 1. The predicted octanol–water partition coefficient (Wildman–Crippen LogP) is 2.90. The summed E-state index contributed by atoms with van der Waals surface area (Å²) in [6.45, 7) is 3.72. The number of hydrogen-bond acceptors (Lipinski definition) is 3. The first-order chi connectivity index (χ1) is 8.47. The molecule has 6 nitrogen and oxygen atoms in total. The Bertz CT molecular complexity index is 462. The van der Waals surface area contributed by atoms with Gasteiger partial charge in [0.15, 0.2) is 0 Å². The van der Waals surface area contributed by atoms with Crippen molar-refractivity contribution in [1.29, 1.82) is 0 Å². The van der Waals surface area contributed by atoms with E-state index in [0.717, 1.165) is 5.56 Å². The van der Waals surface area contributed by atoms with Gasteiger partial charge in [-0.3, -0.25) is 4.79 Å². The number of carboxylic acid groups (broad SMARTS) is 1. The molecule has 0 heterocycles. The SMILES string of the molecule is CC(C)[C@@H](c1ccc(O)cc1)[C@@H](N=[N+]=[N-])C(=O)O. The third-order valence-electron chi connectivity index (χ3n) is 2.77. The molecular weight excluding hydrogens is 234 g/mol. The predicted molar refractivity (Wildman–Crippen MR) is 66.3 cm³/mol. The smallest absolute Gasteiger partial charge is 0.313 e. The molecule has 0 radical (unpaired) electrons. The van der Waals surface area contributed by atoms with E-state index in [0.29, 0.717) is 0 Å². The van der Waals surface area contributed by atoms with Gasteiger partial charge in [-0.2, -0.15) is 0 Å². The molecule has 2 N–H and O–H groups in total. The van der Waals surface area contributed by atoms with E-state index in [-0.39, 0.29) is 11.7 Å². The molecule has 1 aromatic carbocycles. The van der Waals surface area contributed by atoms with Crippen molar-refractivity contribution in [1.82, 2.24) is 0 Å². The van der Waals surface area contributed by atoms with E-state index in [1.54, 1.807) is 12.1 Å². The quantitative estimate of drug-likeness (QED) is 0.476. The van der Waals surface area contributed by atoms with Crippen molar-refractivity contribution in [2.45, 2.75) is 25.8 Å². The molecule has 0 aliphatic carbocycles. The fourth-order valence-electron chi connectivity index (χ4n) is 1.96. The molecule has 18 heavy (non-hydrogen) atoms. The molecule has 2 atom stereocenters. The van der Waals surface area contributed by atoms with Crippen molar-refractivity contribution in [2.75, 3.05) is 0 Å². The second-order valence-electron chi connectivity index (χ2n) is 4.35. The minimum absolute atomic E-state index is 0.0128. The second kappa shape index (κ2) is 5.93. The van der Waals surface area contributed by atoms with Crippen molar-refractivity contribution in [3.05, 3.63) is 40.3 Å². The third kappa shape index (κ3) is 3.15. The molecule has 0 aliphatic rings. The van der Waals surface area contributed by atoms with Crippen LogP contribution in [0.15, 0.2) is 29.4 Å². The number of benzene rings is 1. The molecule has 0 unspecified atom stereocenters. The van der Waals surface area contributed by atoms with Gasteiger partial charge < -0.3 is 10.2 Å². The summed E-state index contributed by atoms with van der Waals surface area (Å²) in [6, 6.07) is 5.10. The number of carboxylic acids is 1. The van der Waals surface area contributed by atoms with Crippen molar-refractivity contribution < 1.29 is 15.0 Å². The van der Waals surface area contributed by atoms with Crippen LogP contribution in [-0.2, 0) is 4.79 Å². The lowest BCUT2D eigenvalue weighted by Crippen LogP contribution is -2.29. The summed E-state index contributed by atoms with van der Waals surface area (Å²) < 4.78 is 0. The summed E-state index contributed by atoms with van der Waals surface area (Å²) in [5, 5.41) is 21.7. The highest BCUT2D eigenvalue weighted by Gasteiger charge is 2.30. The summed E-state index contributed by atoms with van der Waals surface area (Å²) >= 11 is 0. The van der Waals surface area contributed by atoms with Crippen molar-refractivity contribution >= 4 is 5.97 Å². The van der Waals surface area contributed by atoms with Gasteiger partial charge in [0.05, 0.1) is 0 Å². The largest absolute Gasteiger partial charge is 0.508 e. The Kier molecular flexibility index (Phi) is 4.57. The lowest BCUT2D eigenvalue weighted by Gasteiger charge is -2.24. The molecule has 0 spiro atoms. The number of rotatable bonds is 5. The summed E-state index contributed by atoms with van der Waals surface area (Å²) in [7, 11) is 0. The Morgan fingerprint density at radius 2 is 1.89 bits per heavy atom. The Balaban J connectivity index is 3.19. The van der Waals surface area contributed by atoms with Crippen molar-refractivity contribution in [2.24, 2.45) is 11.0 Å². The molecule has 0 fully saturated rings. The zero-order chi connectivity index (χ0) is 13.7. The van der Waals surface area contributed by atoms with Gasteiger partial charge in [0.25, 0.3) is 0 Å². The van der Waals surface area contributed by atoms with Gasteiger partial charge >= 0.3 is 5.97 Å². The number of phenols is 1. The first-order valence-electron chi connectivity index (χ1n) is 5.53. The summed E-state index contributed by atoms with van der Waals surface area (Å²) in [6.07, 6.45) is 0. The van der Waals surface area contributed by atoms with E-state index in [2.05, 4.69) is 10.0 Å². The summed E-state index contributed by atoms with van der Waals surface area (Å²) in [5.74, 6) is -1.49. The Hall–Kier alpha value is -2.20. The third-order valence-corrected chi connectivity index (χ3v) is 2.77. The van der Waals surface area contributed by atoms with Crippen LogP contribution >= 0.6 is 0 Å². The standard InChI is InChI=1S/C12H15N3O3/c1-7(2)10(11(12(17)18)14-15-13)8-3-5-9(16)6-4-8/h3-7,10-11,16H,1-2H3,(H,17,18)/t10-,11+/m0/s1. The van der Waals surface area contributed by atoms with Gasteiger partial charge in [-0.1, -0.05) is 31.1 Å². The molecule has 96 valence electrons. The molecule has 1 aromatic rings. The second-order valence-corrected chi connectivity index (χ2v) is 4.35. The van der Waals surface area contributed by atoms with E-state index in [9.17, 15) is 9.90 Å². The molecule has 0 saturated carbocycles. The monoisotopic (exact) mass is 249 g/mol. The summed E-state index contributed by atoms with van der Waals surface area (Å²) in [5.41, 5.74) is 9.19. The van der Waals surface area contributed by atoms with E-state index in [4.69, 9.17) is 10.6 Å². The average Bonchev–Trinajstić information content (AvgIpc) is 2.30. The average molecular weight is 249 g/mol. The first-order valence-corrected chi connectivity index (χ1v) is 5.53. The Morgan fingerprint density at radius 3 is 2.28 bits per heavy atom. The maximum Gasteiger partial charge on any atom is 0.313 e. The molecule has 0 aliphatic heterocycles. The highest BCUT2D eigenvalue weighted by molar-refractivity contribution is 5.75. The minimum Gasteiger partial charge on any atom is -0.508 e. The maximum absolute atomic E-state index is 11.2. The highest BCUT2D eigenvalue weighted by atomic mass is 16.4. The van der Waals surface area contributed by atoms with Crippen molar-refractivity contribution in [3.8, 4) is 5.75 Å². The summed E-state index contributed by atoms with van der Waals surface area (Å²) in [4.78, 5) is 13.8. The topological polar surface area (TPSA) is 106 Å². The van der Waals surface area contributed by atoms with Crippen LogP contribution in [-0.4, -0.2) is 22.2 Å². The maximum atomic E-state index is 11.2. The van der Waals surface area contributed by atoms with Gasteiger partial charge in [-0.15, -0.1) is 0 Å². The highest BCUT2D eigenvalue weighted by Crippen LogP contribution is 2.31. The van der Waals surface area contributed by atoms with E-state index >= 15 is 0 Å². The Morgan fingerprint density at radius 1 is 1.33 bits per heavy atom. The molecule has 1 rings (SSSR count). The minimum atomic E-state index is -1.15. The van der Waals surface area contributed by atoms with E-state index in [1.165, 1.54) is 12.1 Å². The van der Waals surface area contributed by atoms with Crippen molar-refractivity contribution in [3.63, 3.8) is 0 Å². The van der Waals surface area contributed by atoms with E-state index in [1.807, 2.05) is 13.8 Å². The molecule has 0 saturated heterocycles. The number of phenolic OH excluding ortho intramolecular Hbond substituents is 1. The first kappa shape index (κ1) is 13.9. The molecule has 0 aromatic heterocycles. The van der Waals surface area contributed by atoms with Gasteiger partial charge in [0.1, 0.15) is 11.8 Å². The zero-order valence-electron chi connectivity index (χ0n) is 10.2. The van der Waals surface area contributed by atoms with Gasteiger partial charge in [-0.05, 0) is 29.1 Å². The van der Waals surface area contributed by atoms with Crippen LogP contribution in [0.3, 0.4) is 0 Å². The van der Waals surface area contributed by atoms with Crippen LogP contribution in [0.4, 0.5) is 0 Å². The zero-order valence-corrected chi connectivity index (χ0v) is 10.2. The van der Waals surface area contributed by atoms with Crippen LogP contribution in [0.2, 0.25) is 0 Å². The molecule has 0 amide bonds. The lowest BCUT2D eigenvalue weighted by atomic mass is 9.82. The van der Waals surface area contributed by atoms with E-state index < -0.39 is 17.9 Å². The van der Waals surface area contributed by atoms with Crippen LogP contribution in [0.5, 0.6) is 5.75 Å². The Labute approximate surface area is 105 Å². The van der Waals surface area contributed by atoms with Crippen LogP contribution in [0.25, 0.3) is 10.4 Å². The molecule has 6 heteroatoms. The molecular formula is C12H15N3O3. The van der Waals surface area contributed by atoms with Crippen LogP contribution < -0.4 is 0 Å². The van der Waals surface area contributed by atoms with Gasteiger partial charge in [-0.25, -0.2) is 0 Å². The fraction of sp³-hybridized carbons (Fsp3) is 0.417. The fourth-order valence-corrected chi connectivity index (χ4v) is 1.96.